The lowest BCUT2D eigenvalue weighted by Gasteiger charge is -2.48. The van der Waals surface area contributed by atoms with Crippen molar-refractivity contribution in [3.63, 3.8) is 0 Å². The molecule has 1 aliphatic carbocycles. The zero-order valence-corrected chi connectivity index (χ0v) is 20.8. The van der Waals surface area contributed by atoms with Crippen molar-refractivity contribution in [1.82, 2.24) is 5.32 Å². The van der Waals surface area contributed by atoms with Gasteiger partial charge in [0.2, 0.25) is 5.91 Å². The number of ether oxygens (including phenoxy) is 4. The largest absolute Gasteiger partial charge is 0.394 e. The van der Waals surface area contributed by atoms with Gasteiger partial charge in [0.05, 0.1) is 18.7 Å². The van der Waals surface area contributed by atoms with Gasteiger partial charge in [0, 0.05) is 18.6 Å². The van der Waals surface area contributed by atoms with E-state index in [-0.39, 0.29) is 13.0 Å². The molecule has 222 valence electrons. The molecule has 0 aromatic heterocycles. The third-order valence-electron chi connectivity index (χ3n) is 7.14. The van der Waals surface area contributed by atoms with E-state index in [1.807, 2.05) is 0 Å². The monoisotopic (exact) mass is 555 g/mol. The topological polar surface area (TPSA) is 312 Å². The van der Waals surface area contributed by atoms with Gasteiger partial charge in [-0.3, -0.25) is 4.79 Å². The molecular formula is C21H41N5O12. The van der Waals surface area contributed by atoms with Crippen LogP contribution < -0.4 is 28.3 Å². The lowest BCUT2D eigenvalue weighted by molar-refractivity contribution is -0.332. The van der Waals surface area contributed by atoms with Crippen LogP contribution >= 0.6 is 0 Å². The molecule has 16 atom stereocenters. The van der Waals surface area contributed by atoms with Crippen molar-refractivity contribution in [2.24, 2.45) is 22.9 Å². The molecule has 3 rings (SSSR count). The summed E-state index contributed by atoms with van der Waals surface area (Å²) in [5.74, 6) is -0.541. The summed E-state index contributed by atoms with van der Waals surface area (Å²) in [6, 6.07) is -3.85. The Morgan fingerprint density at radius 3 is 1.89 bits per heavy atom. The fourth-order valence-electron chi connectivity index (χ4n) is 4.74. The molecule has 0 bridgehead atoms. The standard InChI is InChI=1S/C21H41N5O12/c1-5(22)19(34)26-3-8-12(29)14(31)15(32)21(35-8)38-18-7(24)2-6(23)17(16(18)33)37-20-13(30)10(25)11(28)9(4-27)36-20/h5-18,20-21,27-33H,2-4,22-25H2,1H3,(H,26,34). The van der Waals surface area contributed by atoms with Crippen molar-refractivity contribution in [3.05, 3.63) is 0 Å². The predicted octanol–water partition coefficient (Wildman–Crippen LogP) is -7.79. The normalized spacial score (nSPS) is 48.9. The van der Waals surface area contributed by atoms with Gasteiger partial charge in [-0.1, -0.05) is 0 Å². The fraction of sp³-hybridized carbons (Fsp3) is 0.952. The molecule has 38 heavy (non-hydrogen) atoms. The van der Waals surface area contributed by atoms with E-state index < -0.39 is 110 Å². The Morgan fingerprint density at radius 1 is 0.842 bits per heavy atom. The molecule has 2 aliphatic heterocycles. The van der Waals surface area contributed by atoms with Gasteiger partial charge in [0.25, 0.3) is 0 Å². The number of aliphatic hydroxyl groups is 7. The van der Waals surface area contributed by atoms with Crippen molar-refractivity contribution < 1.29 is 59.5 Å². The summed E-state index contributed by atoms with van der Waals surface area (Å²) in [6.07, 6.45) is -17.5. The average Bonchev–Trinajstić information content (AvgIpc) is 2.87. The number of hydrogen-bond acceptors (Lipinski definition) is 16. The van der Waals surface area contributed by atoms with Crippen LogP contribution in [0.15, 0.2) is 0 Å². The molecule has 0 radical (unpaired) electrons. The number of nitrogens with two attached hydrogens (primary N) is 4. The highest BCUT2D eigenvalue weighted by atomic mass is 16.7. The fourth-order valence-corrected chi connectivity index (χ4v) is 4.74. The second kappa shape index (κ2) is 13.0. The van der Waals surface area contributed by atoms with E-state index in [1.165, 1.54) is 6.92 Å². The van der Waals surface area contributed by atoms with Gasteiger partial charge >= 0.3 is 0 Å². The van der Waals surface area contributed by atoms with Crippen LogP contribution in [-0.4, -0.2) is 153 Å². The SMILES string of the molecule is CC(N)C(=O)NCC1OC(OC2C(N)CC(N)C(OC3OC(CO)C(O)C(N)C3O)C2O)C(O)C(O)C1O. The molecule has 16 unspecified atom stereocenters. The maximum absolute atomic E-state index is 11.8. The summed E-state index contributed by atoms with van der Waals surface area (Å²) in [5, 5.41) is 74.5. The van der Waals surface area contributed by atoms with Gasteiger partial charge in [-0.25, -0.2) is 0 Å². The van der Waals surface area contributed by atoms with E-state index in [9.17, 15) is 40.5 Å². The molecule has 16 N–H and O–H groups in total. The maximum atomic E-state index is 11.8. The van der Waals surface area contributed by atoms with Crippen molar-refractivity contribution in [3.8, 4) is 0 Å². The molecule has 3 fully saturated rings. The first kappa shape index (κ1) is 31.4. The molecule has 0 aromatic carbocycles. The van der Waals surface area contributed by atoms with Crippen molar-refractivity contribution in [2.45, 2.75) is 111 Å². The Bertz CT molecular complexity index is 783. The van der Waals surface area contributed by atoms with Crippen LogP contribution in [0.25, 0.3) is 0 Å². The molecule has 3 aliphatic rings. The number of nitrogens with one attached hydrogen (secondary N) is 1. The van der Waals surface area contributed by atoms with E-state index in [2.05, 4.69) is 5.32 Å². The molecule has 1 saturated carbocycles. The smallest absolute Gasteiger partial charge is 0.236 e. The quantitative estimate of drug-likeness (QED) is 0.132. The zero-order valence-electron chi connectivity index (χ0n) is 20.8. The van der Waals surface area contributed by atoms with Gasteiger partial charge in [0.15, 0.2) is 12.6 Å². The summed E-state index contributed by atoms with van der Waals surface area (Å²) in [4.78, 5) is 11.8. The summed E-state index contributed by atoms with van der Waals surface area (Å²) < 4.78 is 22.5. The summed E-state index contributed by atoms with van der Waals surface area (Å²) in [7, 11) is 0. The van der Waals surface area contributed by atoms with Gasteiger partial charge in [0.1, 0.15) is 61.0 Å². The molecule has 0 aromatic rings. The lowest BCUT2D eigenvalue weighted by Crippen LogP contribution is -2.68. The van der Waals surface area contributed by atoms with Crippen molar-refractivity contribution in [2.75, 3.05) is 13.2 Å². The van der Waals surface area contributed by atoms with E-state index >= 15 is 0 Å². The summed E-state index contributed by atoms with van der Waals surface area (Å²) in [6.45, 7) is 0.564. The first-order valence-electron chi connectivity index (χ1n) is 12.4. The number of hydrogen-bond donors (Lipinski definition) is 12. The van der Waals surface area contributed by atoms with E-state index in [0.717, 1.165) is 0 Å². The highest BCUT2D eigenvalue weighted by molar-refractivity contribution is 5.80. The van der Waals surface area contributed by atoms with Crippen LogP contribution in [0.1, 0.15) is 13.3 Å². The summed E-state index contributed by atoms with van der Waals surface area (Å²) >= 11 is 0. The molecule has 17 nitrogen and oxygen atoms in total. The average molecular weight is 556 g/mol. The highest BCUT2D eigenvalue weighted by Crippen LogP contribution is 2.31. The third kappa shape index (κ3) is 6.60. The molecule has 2 saturated heterocycles. The summed E-state index contributed by atoms with van der Waals surface area (Å²) in [5.41, 5.74) is 23.6. The van der Waals surface area contributed by atoms with Crippen LogP contribution in [0.2, 0.25) is 0 Å². The lowest BCUT2D eigenvalue weighted by atomic mass is 9.84. The predicted molar refractivity (Wildman–Crippen MR) is 125 cm³/mol. The van der Waals surface area contributed by atoms with E-state index in [4.69, 9.17) is 41.9 Å². The van der Waals surface area contributed by atoms with Gasteiger partial charge < -0.3 is 82.9 Å². The van der Waals surface area contributed by atoms with Crippen LogP contribution in [0, 0.1) is 0 Å². The Labute approximate surface area is 218 Å². The minimum atomic E-state index is -1.76. The minimum absolute atomic E-state index is 0.0369. The van der Waals surface area contributed by atoms with Crippen molar-refractivity contribution in [1.29, 1.82) is 0 Å². The highest BCUT2D eigenvalue weighted by Gasteiger charge is 2.51. The second-order valence-corrected chi connectivity index (χ2v) is 10.1. The van der Waals surface area contributed by atoms with E-state index in [0.29, 0.717) is 0 Å². The third-order valence-corrected chi connectivity index (χ3v) is 7.14. The number of carbonyl (C=O) groups excluding carboxylic acids is 1. The number of amides is 1. The first-order valence-corrected chi connectivity index (χ1v) is 12.4. The Morgan fingerprint density at radius 2 is 1.37 bits per heavy atom. The van der Waals surface area contributed by atoms with Crippen LogP contribution in [0.5, 0.6) is 0 Å². The van der Waals surface area contributed by atoms with Gasteiger partial charge in [-0.2, -0.15) is 0 Å². The van der Waals surface area contributed by atoms with Gasteiger partial charge in [-0.15, -0.1) is 0 Å². The van der Waals surface area contributed by atoms with Crippen LogP contribution in [0.3, 0.4) is 0 Å². The number of carbonyl (C=O) groups is 1. The molecule has 2 heterocycles. The Balaban J connectivity index is 1.71. The Kier molecular flexibility index (Phi) is 10.8. The zero-order chi connectivity index (χ0) is 28.5. The second-order valence-electron chi connectivity index (χ2n) is 10.1. The van der Waals surface area contributed by atoms with Crippen LogP contribution in [0.4, 0.5) is 0 Å². The van der Waals surface area contributed by atoms with Gasteiger partial charge in [-0.05, 0) is 13.3 Å². The van der Waals surface area contributed by atoms with Crippen LogP contribution in [-0.2, 0) is 23.7 Å². The minimum Gasteiger partial charge on any atom is -0.394 e. The number of aliphatic hydroxyl groups excluding tert-OH is 7. The molecule has 1 amide bonds. The van der Waals surface area contributed by atoms with Crippen molar-refractivity contribution >= 4 is 5.91 Å². The first-order chi connectivity index (χ1) is 17.8. The Hall–Kier alpha value is -1.13. The molecular weight excluding hydrogens is 514 g/mol. The molecule has 17 heteroatoms. The number of rotatable bonds is 8. The molecule has 0 spiro atoms. The van der Waals surface area contributed by atoms with E-state index in [1.54, 1.807) is 0 Å². The maximum Gasteiger partial charge on any atom is 0.236 e.